The van der Waals surface area contributed by atoms with Crippen molar-refractivity contribution in [3.63, 3.8) is 0 Å². The number of hydrogen-bond donors (Lipinski definition) is 0. The minimum Gasteiger partial charge on any atom is -0.0786 e. The standard InChI is InChI=1S/C16H14Br2/c17-15-7-2-1-6-14(15)16(18)13-9-8-11-4-3-5-12(11)10-13/h1-2,6-10,16H,3-5H2. The highest BCUT2D eigenvalue weighted by molar-refractivity contribution is 9.11. The minimum absolute atomic E-state index is 0.263. The van der Waals surface area contributed by atoms with Crippen LogP contribution in [0.4, 0.5) is 0 Å². The summed E-state index contributed by atoms with van der Waals surface area (Å²) in [6.45, 7) is 0. The maximum absolute atomic E-state index is 3.82. The lowest BCUT2D eigenvalue weighted by Crippen LogP contribution is -1.95. The van der Waals surface area contributed by atoms with Gasteiger partial charge in [-0.2, -0.15) is 0 Å². The second-order valence-electron chi connectivity index (χ2n) is 4.77. The average Bonchev–Trinajstić information content (AvgIpc) is 2.85. The average molecular weight is 366 g/mol. The van der Waals surface area contributed by atoms with Gasteiger partial charge in [-0.05, 0) is 47.6 Å². The molecule has 92 valence electrons. The first-order chi connectivity index (χ1) is 8.75. The Morgan fingerprint density at radius 1 is 0.944 bits per heavy atom. The topological polar surface area (TPSA) is 0 Å². The van der Waals surface area contributed by atoms with E-state index in [2.05, 4.69) is 74.3 Å². The van der Waals surface area contributed by atoms with E-state index in [-0.39, 0.29) is 4.83 Å². The molecule has 2 aromatic rings. The molecule has 1 aliphatic rings. The van der Waals surface area contributed by atoms with Gasteiger partial charge < -0.3 is 0 Å². The third-order valence-corrected chi connectivity index (χ3v) is 5.34. The molecule has 0 spiro atoms. The number of fused-ring (bicyclic) bond motifs is 1. The molecule has 0 bridgehead atoms. The lowest BCUT2D eigenvalue weighted by molar-refractivity contribution is 0.911. The minimum atomic E-state index is 0.263. The van der Waals surface area contributed by atoms with Crippen LogP contribution in [0.2, 0.25) is 0 Å². The van der Waals surface area contributed by atoms with Crippen molar-refractivity contribution in [1.29, 1.82) is 0 Å². The van der Waals surface area contributed by atoms with E-state index in [0.717, 1.165) is 4.47 Å². The van der Waals surface area contributed by atoms with Gasteiger partial charge in [0.05, 0.1) is 4.83 Å². The van der Waals surface area contributed by atoms with Crippen molar-refractivity contribution in [3.05, 3.63) is 69.2 Å². The summed E-state index contributed by atoms with van der Waals surface area (Å²) in [5.74, 6) is 0. The van der Waals surface area contributed by atoms with E-state index in [1.807, 2.05) is 0 Å². The Labute approximate surface area is 125 Å². The van der Waals surface area contributed by atoms with E-state index in [9.17, 15) is 0 Å². The van der Waals surface area contributed by atoms with Crippen LogP contribution in [-0.2, 0) is 12.8 Å². The Morgan fingerprint density at radius 3 is 2.56 bits per heavy atom. The molecule has 0 amide bonds. The van der Waals surface area contributed by atoms with Crippen molar-refractivity contribution in [2.75, 3.05) is 0 Å². The second kappa shape index (κ2) is 5.18. The van der Waals surface area contributed by atoms with Crippen molar-refractivity contribution in [3.8, 4) is 0 Å². The van der Waals surface area contributed by atoms with Crippen molar-refractivity contribution in [1.82, 2.24) is 0 Å². The van der Waals surface area contributed by atoms with Gasteiger partial charge in [0.15, 0.2) is 0 Å². The van der Waals surface area contributed by atoms with Crippen LogP contribution in [0.1, 0.15) is 33.5 Å². The maximum Gasteiger partial charge on any atom is 0.0655 e. The second-order valence-corrected chi connectivity index (χ2v) is 6.54. The highest BCUT2D eigenvalue weighted by Crippen LogP contribution is 2.36. The fourth-order valence-corrected chi connectivity index (χ4v) is 4.11. The monoisotopic (exact) mass is 364 g/mol. The molecule has 0 heterocycles. The summed E-state index contributed by atoms with van der Waals surface area (Å²) < 4.78 is 1.16. The number of hydrogen-bond acceptors (Lipinski definition) is 0. The molecule has 0 saturated carbocycles. The maximum atomic E-state index is 3.82. The molecule has 0 aliphatic heterocycles. The zero-order valence-electron chi connectivity index (χ0n) is 10.00. The van der Waals surface area contributed by atoms with Gasteiger partial charge in [-0.15, -0.1) is 0 Å². The lowest BCUT2D eigenvalue weighted by Gasteiger charge is -2.14. The highest BCUT2D eigenvalue weighted by Gasteiger charge is 2.16. The van der Waals surface area contributed by atoms with E-state index in [1.165, 1.54) is 41.5 Å². The van der Waals surface area contributed by atoms with Gasteiger partial charge in [0.25, 0.3) is 0 Å². The zero-order valence-corrected chi connectivity index (χ0v) is 13.2. The van der Waals surface area contributed by atoms with Gasteiger partial charge in [0, 0.05) is 4.47 Å². The summed E-state index contributed by atoms with van der Waals surface area (Å²) in [4.78, 5) is 0.263. The van der Waals surface area contributed by atoms with Crippen LogP contribution in [0.25, 0.3) is 0 Å². The summed E-state index contributed by atoms with van der Waals surface area (Å²) in [6, 6.07) is 15.3. The van der Waals surface area contributed by atoms with E-state index in [0.29, 0.717) is 0 Å². The van der Waals surface area contributed by atoms with Crippen molar-refractivity contribution in [2.45, 2.75) is 24.1 Å². The molecule has 0 radical (unpaired) electrons. The van der Waals surface area contributed by atoms with E-state index in [1.54, 1.807) is 0 Å². The Bertz CT molecular complexity index is 575. The molecular formula is C16H14Br2. The van der Waals surface area contributed by atoms with Crippen LogP contribution in [0.15, 0.2) is 46.9 Å². The molecule has 0 aromatic heterocycles. The number of rotatable bonds is 2. The van der Waals surface area contributed by atoms with Crippen molar-refractivity contribution >= 4 is 31.9 Å². The first kappa shape index (κ1) is 12.4. The Balaban J connectivity index is 1.98. The Morgan fingerprint density at radius 2 is 1.72 bits per heavy atom. The SMILES string of the molecule is Brc1ccccc1C(Br)c1ccc2c(c1)CCC2. The smallest absolute Gasteiger partial charge is 0.0655 e. The molecule has 1 aliphatic carbocycles. The van der Waals surface area contributed by atoms with Crippen LogP contribution in [-0.4, -0.2) is 0 Å². The van der Waals surface area contributed by atoms with Crippen molar-refractivity contribution in [2.24, 2.45) is 0 Å². The predicted molar refractivity (Wildman–Crippen MR) is 83.4 cm³/mol. The van der Waals surface area contributed by atoms with E-state index in [4.69, 9.17) is 0 Å². The number of halogens is 2. The molecule has 2 heteroatoms. The first-order valence-corrected chi connectivity index (χ1v) is 7.97. The summed E-state index contributed by atoms with van der Waals surface area (Å²) in [5.41, 5.74) is 5.70. The predicted octanol–water partition coefficient (Wildman–Crippen LogP) is 5.42. The van der Waals surface area contributed by atoms with Crippen molar-refractivity contribution < 1.29 is 0 Å². The normalized spacial score (nSPS) is 15.4. The van der Waals surface area contributed by atoms with Gasteiger partial charge >= 0.3 is 0 Å². The summed E-state index contributed by atoms with van der Waals surface area (Å²) in [5, 5.41) is 0. The van der Waals surface area contributed by atoms with Gasteiger partial charge in [-0.1, -0.05) is 68.3 Å². The van der Waals surface area contributed by atoms with Crippen LogP contribution < -0.4 is 0 Å². The van der Waals surface area contributed by atoms with Crippen LogP contribution in [0.3, 0.4) is 0 Å². The number of aryl methyl sites for hydroxylation is 2. The first-order valence-electron chi connectivity index (χ1n) is 6.26. The summed E-state index contributed by atoms with van der Waals surface area (Å²) in [7, 11) is 0. The van der Waals surface area contributed by atoms with Crippen LogP contribution in [0, 0.1) is 0 Å². The highest BCUT2D eigenvalue weighted by atomic mass is 79.9. The van der Waals surface area contributed by atoms with Crippen LogP contribution in [0.5, 0.6) is 0 Å². The number of alkyl halides is 1. The summed E-state index contributed by atoms with van der Waals surface area (Å²) in [6.07, 6.45) is 3.79. The molecule has 2 aromatic carbocycles. The molecule has 18 heavy (non-hydrogen) atoms. The van der Waals surface area contributed by atoms with Gasteiger partial charge in [-0.3, -0.25) is 0 Å². The summed E-state index contributed by atoms with van der Waals surface area (Å²) >= 11 is 7.45. The molecule has 0 nitrogen and oxygen atoms in total. The molecule has 0 saturated heterocycles. The third kappa shape index (κ3) is 2.28. The van der Waals surface area contributed by atoms with Gasteiger partial charge in [0.2, 0.25) is 0 Å². The Hall–Kier alpha value is -0.600. The van der Waals surface area contributed by atoms with Gasteiger partial charge in [0.1, 0.15) is 0 Å². The fourth-order valence-electron chi connectivity index (χ4n) is 2.61. The molecule has 1 atom stereocenters. The molecule has 0 fully saturated rings. The fraction of sp³-hybridized carbons (Fsp3) is 0.250. The molecule has 1 unspecified atom stereocenters. The number of benzene rings is 2. The Kier molecular flexibility index (Phi) is 3.58. The molecule has 3 rings (SSSR count). The lowest BCUT2D eigenvalue weighted by atomic mass is 10.0. The van der Waals surface area contributed by atoms with Crippen LogP contribution >= 0.6 is 31.9 Å². The van der Waals surface area contributed by atoms with Gasteiger partial charge in [-0.25, -0.2) is 0 Å². The quantitative estimate of drug-likeness (QED) is 0.623. The zero-order chi connectivity index (χ0) is 12.5. The third-order valence-electron chi connectivity index (χ3n) is 3.59. The molecular weight excluding hydrogens is 352 g/mol. The van der Waals surface area contributed by atoms with E-state index < -0.39 is 0 Å². The largest absolute Gasteiger partial charge is 0.0786 e. The molecule has 0 N–H and O–H groups in total. The van der Waals surface area contributed by atoms with E-state index >= 15 is 0 Å².